The number of hydrogen-bond donors (Lipinski definition) is 0. The summed E-state index contributed by atoms with van der Waals surface area (Å²) in [7, 11) is 0. The van der Waals surface area contributed by atoms with Crippen LogP contribution in [0, 0.1) is 6.92 Å². The monoisotopic (exact) mass is 332 g/mol. The van der Waals surface area contributed by atoms with Crippen LogP contribution in [0.4, 0.5) is 0 Å². The number of halogens is 1. The van der Waals surface area contributed by atoms with E-state index < -0.39 is 0 Å². The van der Waals surface area contributed by atoms with Crippen molar-refractivity contribution in [1.82, 2.24) is 9.38 Å². The maximum absolute atomic E-state index is 4.71. The highest BCUT2D eigenvalue weighted by Crippen LogP contribution is 2.25. The lowest BCUT2D eigenvalue weighted by Gasteiger charge is -1.98. The van der Waals surface area contributed by atoms with Crippen molar-refractivity contribution in [3.8, 4) is 11.3 Å². The molecule has 1 aromatic carbocycles. The van der Waals surface area contributed by atoms with Gasteiger partial charge in [0.1, 0.15) is 5.65 Å². The minimum atomic E-state index is 1.01. The summed E-state index contributed by atoms with van der Waals surface area (Å²) in [6, 6.07) is 10.6. The lowest BCUT2D eigenvalue weighted by Crippen LogP contribution is -1.86. The van der Waals surface area contributed by atoms with Crippen LogP contribution in [0.25, 0.3) is 16.9 Å². The molecule has 2 heterocycles. The maximum Gasteiger partial charge on any atom is 0.140 e. The summed E-state index contributed by atoms with van der Waals surface area (Å²) in [6.45, 7) is 2.08. The molecule has 0 bridgehead atoms. The van der Waals surface area contributed by atoms with Gasteiger partial charge in [-0.2, -0.15) is 0 Å². The van der Waals surface area contributed by atoms with Gasteiger partial charge in [-0.25, -0.2) is 4.98 Å². The number of imidazole rings is 1. The number of nitrogens with zero attached hydrogens (tertiary/aromatic N) is 2. The Kier molecular flexibility index (Phi) is 3.37. The second-order valence-corrected chi connectivity index (χ2v) is 6.22. The summed E-state index contributed by atoms with van der Waals surface area (Å²) in [6.07, 6.45) is 6.19. The lowest BCUT2D eigenvalue weighted by molar-refractivity contribution is 1.15. The van der Waals surface area contributed by atoms with E-state index >= 15 is 0 Å². The topological polar surface area (TPSA) is 17.3 Å². The van der Waals surface area contributed by atoms with Crippen LogP contribution in [0.1, 0.15) is 5.56 Å². The molecule has 0 radical (unpaired) electrons. The van der Waals surface area contributed by atoms with Gasteiger partial charge in [-0.15, -0.1) is 11.8 Å². The Hall–Kier alpha value is -1.26. The molecule has 19 heavy (non-hydrogen) atoms. The van der Waals surface area contributed by atoms with E-state index in [1.165, 1.54) is 10.5 Å². The van der Waals surface area contributed by atoms with Gasteiger partial charge in [0.05, 0.1) is 5.69 Å². The second-order valence-electron chi connectivity index (χ2n) is 4.43. The average Bonchev–Trinajstić information content (AvgIpc) is 2.83. The van der Waals surface area contributed by atoms with Crippen molar-refractivity contribution in [1.29, 1.82) is 0 Å². The molecule has 0 aliphatic heterocycles. The van der Waals surface area contributed by atoms with E-state index in [1.54, 1.807) is 11.8 Å². The second kappa shape index (κ2) is 5.02. The number of pyridine rings is 1. The number of thioether (sulfide) groups is 1. The Morgan fingerprint density at radius 3 is 2.58 bits per heavy atom. The fourth-order valence-corrected chi connectivity index (χ4v) is 3.10. The summed E-state index contributed by atoms with van der Waals surface area (Å²) >= 11 is 5.27. The predicted octanol–water partition coefficient (Wildman–Crippen LogP) is 4.79. The van der Waals surface area contributed by atoms with Crippen LogP contribution in [-0.4, -0.2) is 15.6 Å². The van der Waals surface area contributed by atoms with Gasteiger partial charge in [0.25, 0.3) is 0 Å². The van der Waals surface area contributed by atoms with Crippen LogP contribution in [0.5, 0.6) is 0 Å². The number of aromatic nitrogens is 2. The molecule has 2 nitrogen and oxygen atoms in total. The largest absolute Gasteiger partial charge is 0.305 e. The van der Waals surface area contributed by atoms with Crippen LogP contribution in [0.15, 0.2) is 52.1 Å². The number of benzene rings is 1. The maximum atomic E-state index is 4.71. The minimum Gasteiger partial charge on any atom is -0.305 e. The Morgan fingerprint density at radius 1 is 1.16 bits per heavy atom. The van der Waals surface area contributed by atoms with Crippen LogP contribution < -0.4 is 0 Å². The van der Waals surface area contributed by atoms with Crippen LogP contribution in [0.2, 0.25) is 0 Å². The third kappa shape index (κ3) is 2.42. The van der Waals surface area contributed by atoms with E-state index in [4.69, 9.17) is 4.98 Å². The minimum absolute atomic E-state index is 1.01. The quantitative estimate of drug-likeness (QED) is 0.627. The molecule has 0 aliphatic carbocycles. The van der Waals surface area contributed by atoms with E-state index in [9.17, 15) is 0 Å². The highest BCUT2D eigenvalue weighted by molar-refractivity contribution is 9.10. The molecule has 0 spiro atoms. The van der Waals surface area contributed by atoms with Gasteiger partial charge in [-0.1, -0.05) is 12.1 Å². The first-order valence-corrected chi connectivity index (χ1v) is 7.98. The van der Waals surface area contributed by atoms with Gasteiger partial charge >= 0.3 is 0 Å². The zero-order valence-electron chi connectivity index (χ0n) is 10.7. The summed E-state index contributed by atoms with van der Waals surface area (Å²) in [5, 5.41) is 0. The van der Waals surface area contributed by atoms with Gasteiger partial charge in [0.15, 0.2) is 0 Å². The molecular formula is C15H13BrN2S. The molecule has 0 unspecified atom stereocenters. The van der Waals surface area contributed by atoms with Crippen LogP contribution in [-0.2, 0) is 0 Å². The third-order valence-electron chi connectivity index (χ3n) is 3.09. The molecule has 0 amide bonds. The highest BCUT2D eigenvalue weighted by Gasteiger charge is 2.07. The lowest BCUT2D eigenvalue weighted by atomic mass is 10.2. The van der Waals surface area contributed by atoms with Gasteiger partial charge in [-0.05, 0) is 52.9 Å². The molecule has 4 heteroatoms. The number of aryl methyl sites for hydroxylation is 1. The molecule has 0 aliphatic rings. The van der Waals surface area contributed by atoms with E-state index in [-0.39, 0.29) is 0 Å². The number of fused-ring (bicyclic) bond motifs is 1. The third-order valence-corrected chi connectivity index (χ3v) is 4.26. The van der Waals surface area contributed by atoms with E-state index in [2.05, 4.69) is 70.0 Å². The Labute approximate surface area is 125 Å². The van der Waals surface area contributed by atoms with Crippen LogP contribution >= 0.6 is 27.7 Å². The number of rotatable bonds is 2. The summed E-state index contributed by atoms with van der Waals surface area (Å²) in [5.74, 6) is 0. The highest BCUT2D eigenvalue weighted by atomic mass is 79.9. The van der Waals surface area contributed by atoms with Crippen molar-refractivity contribution in [2.45, 2.75) is 11.8 Å². The van der Waals surface area contributed by atoms with Gasteiger partial charge < -0.3 is 4.40 Å². The smallest absolute Gasteiger partial charge is 0.140 e. The Morgan fingerprint density at radius 2 is 1.89 bits per heavy atom. The molecule has 96 valence electrons. The summed E-state index contributed by atoms with van der Waals surface area (Å²) in [5.41, 5.74) is 4.33. The first-order valence-electron chi connectivity index (χ1n) is 5.96. The molecule has 2 aromatic heterocycles. The van der Waals surface area contributed by atoms with Gasteiger partial charge in [-0.3, -0.25) is 0 Å². The van der Waals surface area contributed by atoms with E-state index in [0.717, 1.165) is 21.4 Å². The SMILES string of the molecule is CSc1ccc(-c2cn3cc(Br)cc(C)c3n2)cc1. The molecule has 3 aromatic rings. The Bertz CT molecular complexity index is 732. The van der Waals surface area contributed by atoms with Gasteiger partial charge in [0, 0.05) is 27.3 Å². The van der Waals surface area contributed by atoms with Crippen molar-refractivity contribution < 1.29 is 0 Å². The zero-order valence-corrected chi connectivity index (χ0v) is 13.1. The molecule has 0 fully saturated rings. The standard InChI is InChI=1S/C15H13BrN2S/c1-10-7-12(16)8-18-9-14(17-15(10)18)11-3-5-13(19-2)6-4-11/h3-9H,1-2H3. The van der Waals surface area contributed by atoms with Crippen molar-refractivity contribution in [2.24, 2.45) is 0 Å². The molecule has 0 atom stereocenters. The first-order chi connectivity index (χ1) is 9.17. The summed E-state index contributed by atoms with van der Waals surface area (Å²) in [4.78, 5) is 5.98. The van der Waals surface area contributed by atoms with Crippen molar-refractivity contribution >= 4 is 33.3 Å². The van der Waals surface area contributed by atoms with E-state index in [1.807, 2.05) is 6.20 Å². The van der Waals surface area contributed by atoms with Crippen molar-refractivity contribution in [3.63, 3.8) is 0 Å². The van der Waals surface area contributed by atoms with Crippen molar-refractivity contribution in [2.75, 3.05) is 6.26 Å². The summed E-state index contributed by atoms with van der Waals surface area (Å²) < 4.78 is 3.14. The van der Waals surface area contributed by atoms with Crippen LogP contribution in [0.3, 0.4) is 0 Å². The van der Waals surface area contributed by atoms with Crippen molar-refractivity contribution in [3.05, 3.63) is 52.8 Å². The van der Waals surface area contributed by atoms with E-state index in [0.29, 0.717) is 0 Å². The molecule has 3 rings (SSSR count). The van der Waals surface area contributed by atoms with Gasteiger partial charge in [0.2, 0.25) is 0 Å². The molecule has 0 saturated carbocycles. The average molecular weight is 333 g/mol. The molecule has 0 saturated heterocycles. The number of hydrogen-bond acceptors (Lipinski definition) is 2. The molecule has 0 N–H and O–H groups in total. The predicted molar refractivity (Wildman–Crippen MR) is 84.8 cm³/mol. The first kappa shape index (κ1) is 12.8. The Balaban J connectivity index is 2.12. The molecular weight excluding hydrogens is 320 g/mol. The fraction of sp³-hybridized carbons (Fsp3) is 0.133. The normalized spacial score (nSPS) is 11.1. The zero-order chi connectivity index (χ0) is 13.4. The fourth-order valence-electron chi connectivity index (χ4n) is 2.13.